The van der Waals surface area contributed by atoms with Gasteiger partial charge in [0.05, 0.1) is 17.4 Å². The van der Waals surface area contributed by atoms with Crippen molar-refractivity contribution in [2.24, 2.45) is 0 Å². The summed E-state index contributed by atoms with van der Waals surface area (Å²) in [6.07, 6.45) is -7.73. The van der Waals surface area contributed by atoms with Crippen LogP contribution in [0.1, 0.15) is 30.5 Å². The largest absolute Gasteiger partial charge is 0.573 e. The Hall–Kier alpha value is -3.40. The first-order valence-electron chi connectivity index (χ1n) is 9.39. The molecule has 0 unspecified atom stereocenters. The minimum atomic E-state index is -4.94. The minimum Gasteiger partial charge on any atom is -0.406 e. The Balaban J connectivity index is 1.78. The van der Waals surface area contributed by atoms with Crippen LogP contribution in [-0.4, -0.2) is 27.9 Å². The molecule has 33 heavy (non-hydrogen) atoms. The number of hydrogen-bond donors (Lipinski definition) is 0. The molecule has 1 spiro atoms. The van der Waals surface area contributed by atoms with Gasteiger partial charge in [0.25, 0.3) is 5.91 Å². The number of pyridine rings is 1. The van der Waals surface area contributed by atoms with Gasteiger partial charge in [0.2, 0.25) is 0 Å². The Labute approximate surface area is 188 Å². The van der Waals surface area contributed by atoms with Gasteiger partial charge in [-0.05, 0) is 49.7 Å². The zero-order valence-corrected chi connectivity index (χ0v) is 17.2. The first kappa shape index (κ1) is 22.8. The molecule has 13 heteroatoms. The normalized spacial score (nSPS) is 17.8. The number of aromatic nitrogens is 1. The van der Waals surface area contributed by atoms with Gasteiger partial charge in [-0.15, -0.1) is 13.2 Å². The van der Waals surface area contributed by atoms with Crippen LogP contribution in [0.25, 0.3) is 0 Å². The number of hydrogen-bond acceptors (Lipinski definition) is 5. The van der Waals surface area contributed by atoms with E-state index >= 15 is 0 Å². The Kier molecular flexibility index (Phi) is 5.24. The van der Waals surface area contributed by atoms with Crippen LogP contribution in [0.5, 0.6) is 5.75 Å². The van der Waals surface area contributed by atoms with Crippen LogP contribution in [-0.2, 0) is 11.0 Å². The van der Waals surface area contributed by atoms with Gasteiger partial charge in [-0.1, -0.05) is 6.07 Å². The lowest BCUT2D eigenvalue weighted by Crippen LogP contribution is -2.55. The third kappa shape index (κ3) is 3.84. The van der Waals surface area contributed by atoms with Crippen LogP contribution >= 0.6 is 12.2 Å². The van der Waals surface area contributed by atoms with Crippen LogP contribution in [0.15, 0.2) is 36.5 Å². The maximum Gasteiger partial charge on any atom is 0.573 e. The topological polar surface area (TPSA) is 69.5 Å². The van der Waals surface area contributed by atoms with E-state index in [4.69, 9.17) is 17.5 Å². The first-order valence-corrected chi connectivity index (χ1v) is 9.80. The van der Waals surface area contributed by atoms with Gasteiger partial charge in [0.15, 0.2) is 10.8 Å². The zero-order chi connectivity index (χ0) is 24.2. The molecule has 6 nitrogen and oxygen atoms in total. The van der Waals surface area contributed by atoms with Gasteiger partial charge < -0.3 is 9.64 Å². The Morgan fingerprint density at radius 2 is 1.82 bits per heavy atom. The molecule has 0 radical (unpaired) electrons. The number of halogens is 6. The number of nitrogens with zero attached hydrogens (tertiary/aromatic N) is 4. The average Bonchev–Trinajstić information content (AvgIpc) is 2.92. The molecule has 0 N–H and O–H groups in total. The minimum absolute atomic E-state index is 0.120. The first-order chi connectivity index (χ1) is 15.4. The molecule has 1 aromatic carbocycles. The zero-order valence-electron chi connectivity index (χ0n) is 16.4. The van der Waals surface area contributed by atoms with E-state index in [0.29, 0.717) is 25.3 Å². The fraction of sp³-hybridized carbons (Fsp3) is 0.300. The van der Waals surface area contributed by atoms with Crippen LogP contribution in [0.2, 0.25) is 0 Å². The van der Waals surface area contributed by atoms with Crippen molar-refractivity contribution in [2.75, 3.05) is 9.80 Å². The summed E-state index contributed by atoms with van der Waals surface area (Å²) in [5.41, 5.74) is -3.63. The van der Waals surface area contributed by atoms with E-state index < -0.39 is 41.0 Å². The van der Waals surface area contributed by atoms with Crippen molar-refractivity contribution in [3.05, 3.63) is 47.8 Å². The van der Waals surface area contributed by atoms with E-state index in [1.807, 2.05) is 0 Å². The second-order valence-electron chi connectivity index (χ2n) is 7.39. The van der Waals surface area contributed by atoms with Gasteiger partial charge in [0, 0.05) is 11.8 Å². The van der Waals surface area contributed by atoms with E-state index in [1.54, 1.807) is 0 Å². The highest BCUT2D eigenvalue weighted by Gasteiger charge is 2.59. The molecule has 1 saturated carbocycles. The molecular weight excluding hydrogens is 474 g/mol. The van der Waals surface area contributed by atoms with Gasteiger partial charge in [-0.2, -0.15) is 18.4 Å². The molecule has 1 aliphatic heterocycles. The molecule has 0 bridgehead atoms. The third-order valence-corrected chi connectivity index (χ3v) is 5.81. The number of rotatable bonds is 3. The lowest BCUT2D eigenvalue weighted by molar-refractivity contribution is -0.274. The maximum absolute atomic E-state index is 13.4. The molecule has 172 valence electrons. The lowest BCUT2D eigenvalue weighted by Gasteiger charge is -2.43. The fourth-order valence-corrected chi connectivity index (χ4v) is 4.38. The van der Waals surface area contributed by atoms with Crippen molar-refractivity contribution in [3.63, 3.8) is 0 Å². The third-order valence-electron chi connectivity index (χ3n) is 5.44. The molecular formula is C20H12F6N4O2S. The highest BCUT2D eigenvalue weighted by Crippen LogP contribution is 2.48. The van der Waals surface area contributed by atoms with Crippen molar-refractivity contribution in [1.29, 1.82) is 5.26 Å². The Morgan fingerprint density at radius 1 is 1.12 bits per heavy atom. The van der Waals surface area contributed by atoms with Gasteiger partial charge >= 0.3 is 12.5 Å². The molecule has 1 aliphatic carbocycles. The second kappa shape index (κ2) is 7.58. The molecule has 2 fully saturated rings. The summed E-state index contributed by atoms with van der Waals surface area (Å²) in [6.45, 7) is 0. The van der Waals surface area contributed by atoms with E-state index in [2.05, 4.69) is 9.72 Å². The van der Waals surface area contributed by atoms with Crippen LogP contribution in [0, 0.1) is 11.3 Å². The van der Waals surface area contributed by atoms with Crippen LogP contribution < -0.4 is 14.5 Å². The summed E-state index contributed by atoms with van der Waals surface area (Å²) in [4.78, 5) is 19.1. The second-order valence-corrected chi connectivity index (χ2v) is 7.75. The molecule has 1 aromatic heterocycles. The van der Waals surface area contributed by atoms with Crippen molar-refractivity contribution in [1.82, 2.24) is 4.98 Å². The molecule has 1 saturated heterocycles. The SMILES string of the molecule is N#Cc1ncc(N2C(=O)C3(CCC3)N(c3cccc(OC(F)(F)F)c3)C2=S)cc1C(F)(F)F. The van der Waals surface area contributed by atoms with Crippen molar-refractivity contribution in [3.8, 4) is 11.8 Å². The number of carbonyl (C=O) groups is 1. The number of alkyl halides is 6. The van der Waals surface area contributed by atoms with Gasteiger partial charge in [-0.3, -0.25) is 9.69 Å². The Bertz CT molecular complexity index is 1190. The van der Waals surface area contributed by atoms with Crippen molar-refractivity contribution < 1.29 is 35.9 Å². The summed E-state index contributed by atoms with van der Waals surface area (Å²) in [6, 6.07) is 6.79. The number of benzene rings is 1. The summed E-state index contributed by atoms with van der Waals surface area (Å²) < 4.78 is 82.1. The number of thiocarbonyl (C=S) groups is 1. The quantitative estimate of drug-likeness (QED) is 0.453. The van der Waals surface area contributed by atoms with Crippen molar-refractivity contribution >= 4 is 34.6 Å². The molecule has 2 aliphatic rings. The van der Waals surface area contributed by atoms with Gasteiger partial charge in [0.1, 0.15) is 17.4 Å². The van der Waals surface area contributed by atoms with E-state index in [0.717, 1.165) is 23.2 Å². The monoisotopic (exact) mass is 486 g/mol. The number of anilines is 2. The summed E-state index contributed by atoms with van der Waals surface area (Å²) in [7, 11) is 0. The lowest BCUT2D eigenvalue weighted by atomic mass is 9.75. The molecule has 0 atom stereocenters. The van der Waals surface area contributed by atoms with Crippen molar-refractivity contribution in [2.45, 2.75) is 37.3 Å². The number of amides is 1. The van der Waals surface area contributed by atoms with E-state index in [-0.39, 0.29) is 16.5 Å². The standard InChI is InChI=1S/C20H12F6N4O2S/c21-19(22,23)14-8-12(10-28-15(14)9-27)29-16(31)18(5-2-6-18)30(17(29)33)11-3-1-4-13(7-11)32-20(24,25)26/h1,3-4,7-8,10H,2,5-6H2. The van der Waals surface area contributed by atoms with E-state index in [9.17, 15) is 31.1 Å². The fourth-order valence-electron chi connectivity index (χ4n) is 3.91. The summed E-state index contributed by atoms with van der Waals surface area (Å²) in [5, 5.41) is 8.73. The predicted octanol–water partition coefficient (Wildman–Crippen LogP) is 4.93. The van der Waals surface area contributed by atoms with Gasteiger partial charge in [-0.25, -0.2) is 4.98 Å². The van der Waals surface area contributed by atoms with Crippen LogP contribution in [0.3, 0.4) is 0 Å². The predicted molar refractivity (Wildman–Crippen MR) is 106 cm³/mol. The number of nitriles is 1. The molecule has 2 heterocycles. The smallest absolute Gasteiger partial charge is 0.406 e. The van der Waals surface area contributed by atoms with Crippen LogP contribution in [0.4, 0.5) is 37.7 Å². The number of carbonyl (C=O) groups excluding carboxylic acids is 1. The Morgan fingerprint density at radius 3 is 2.36 bits per heavy atom. The number of ether oxygens (including phenoxy) is 1. The molecule has 4 rings (SSSR count). The molecule has 2 aromatic rings. The summed E-state index contributed by atoms with van der Waals surface area (Å²) >= 11 is 5.40. The molecule has 1 amide bonds. The summed E-state index contributed by atoms with van der Waals surface area (Å²) in [5.74, 6) is -1.16. The van der Waals surface area contributed by atoms with E-state index in [1.165, 1.54) is 23.1 Å². The highest BCUT2D eigenvalue weighted by molar-refractivity contribution is 7.81. The highest BCUT2D eigenvalue weighted by atomic mass is 32.1. The maximum atomic E-state index is 13.4. The average molecular weight is 486 g/mol.